The lowest BCUT2D eigenvalue weighted by Crippen LogP contribution is -2.21. The summed E-state index contributed by atoms with van der Waals surface area (Å²) in [5, 5.41) is 26.5. The molecular formula is C61H116O8. The molecular weight excluding hydrogens is 861 g/mol. The fourth-order valence-electron chi connectivity index (χ4n) is 8.49. The summed E-state index contributed by atoms with van der Waals surface area (Å²) in [6.45, 7) is 8.57. The third-order valence-corrected chi connectivity index (χ3v) is 12.9. The van der Waals surface area contributed by atoms with Gasteiger partial charge in [0.2, 0.25) is 0 Å². The van der Waals surface area contributed by atoms with Crippen LogP contribution in [0, 0.1) is 0 Å². The Balaban J connectivity index is 0. The minimum atomic E-state index is -0.954. The molecule has 2 atom stereocenters. The number of aliphatic hydroxyl groups excluding tert-OH is 3. The lowest BCUT2D eigenvalue weighted by atomic mass is 10.0. The lowest BCUT2D eigenvalue weighted by molar-refractivity contribution is -0.147. The highest BCUT2D eigenvalue weighted by atomic mass is 16.6. The van der Waals surface area contributed by atoms with Crippen LogP contribution in [-0.4, -0.2) is 59.5 Å². The summed E-state index contributed by atoms with van der Waals surface area (Å²) in [6, 6.07) is 9.21. The van der Waals surface area contributed by atoms with E-state index in [2.05, 4.69) is 20.8 Å². The summed E-state index contributed by atoms with van der Waals surface area (Å²) in [7, 11) is 0. The largest absolute Gasteiger partial charge is 0.466 e. The van der Waals surface area contributed by atoms with Gasteiger partial charge in [0.1, 0.15) is 18.5 Å². The molecule has 2 unspecified atom stereocenters. The molecule has 0 spiro atoms. The van der Waals surface area contributed by atoms with Crippen molar-refractivity contribution in [1.82, 2.24) is 0 Å². The van der Waals surface area contributed by atoms with Gasteiger partial charge in [0.05, 0.1) is 13.2 Å². The van der Waals surface area contributed by atoms with E-state index >= 15 is 0 Å². The SMILES string of the molecule is CC(O)Oc1ccccc1.CCCCCCCCCCCCCCCCCC(=O)OCC(O)CO.CCCCCCCCCCCCCCCCOC(=O)CCCCCCCCCCCCCCC. The quantitative estimate of drug-likeness (QED) is 0.0335. The van der Waals surface area contributed by atoms with Gasteiger partial charge in [-0.1, -0.05) is 289 Å². The molecule has 69 heavy (non-hydrogen) atoms. The van der Waals surface area contributed by atoms with Crippen molar-refractivity contribution in [3.8, 4) is 5.75 Å². The molecule has 0 aliphatic carbocycles. The van der Waals surface area contributed by atoms with Crippen LogP contribution in [0.1, 0.15) is 310 Å². The highest BCUT2D eigenvalue weighted by Gasteiger charge is 2.08. The van der Waals surface area contributed by atoms with E-state index in [-0.39, 0.29) is 25.2 Å². The van der Waals surface area contributed by atoms with E-state index in [1.165, 1.54) is 244 Å². The van der Waals surface area contributed by atoms with E-state index in [4.69, 9.17) is 29.5 Å². The van der Waals surface area contributed by atoms with E-state index in [1.54, 1.807) is 19.1 Å². The normalized spacial score (nSPS) is 11.8. The molecule has 1 aromatic carbocycles. The highest BCUT2D eigenvalue weighted by Crippen LogP contribution is 2.17. The number of carbonyl (C=O) groups is 2. The average Bonchev–Trinajstić information content (AvgIpc) is 3.35. The molecule has 8 heteroatoms. The first-order chi connectivity index (χ1) is 33.8. The molecule has 1 aromatic rings. The van der Waals surface area contributed by atoms with Gasteiger partial charge in [0, 0.05) is 12.8 Å². The van der Waals surface area contributed by atoms with Gasteiger partial charge in [0.25, 0.3) is 0 Å². The van der Waals surface area contributed by atoms with E-state index in [9.17, 15) is 9.59 Å². The van der Waals surface area contributed by atoms with E-state index < -0.39 is 12.4 Å². The number of aliphatic hydroxyl groups is 3. The zero-order valence-corrected chi connectivity index (χ0v) is 46.2. The third-order valence-electron chi connectivity index (χ3n) is 12.9. The fourth-order valence-corrected chi connectivity index (χ4v) is 8.49. The van der Waals surface area contributed by atoms with E-state index in [1.807, 2.05) is 18.2 Å². The second-order valence-corrected chi connectivity index (χ2v) is 20.1. The molecule has 0 fully saturated rings. The summed E-state index contributed by atoms with van der Waals surface area (Å²) in [5.41, 5.74) is 0. The van der Waals surface area contributed by atoms with Gasteiger partial charge < -0.3 is 29.5 Å². The van der Waals surface area contributed by atoms with Crippen LogP contribution < -0.4 is 4.74 Å². The monoisotopic (exact) mass is 977 g/mol. The minimum absolute atomic E-state index is 0.0257. The Labute approximate surface area is 428 Å². The second-order valence-electron chi connectivity index (χ2n) is 20.1. The minimum Gasteiger partial charge on any atom is -0.466 e. The average molecular weight is 978 g/mol. The van der Waals surface area contributed by atoms with Gasteiger partial charge in [-0.15, -0.1) is 0 Å². The number of carbonyl (C=O) groups excluding carboxylic acids is 2. The van der Waals surface area contributed by atoms with Crippen LogP contribution in [-0.2, 0) is 19.1 Å². The fraction of sp³-hybridized carbons (Fsp3) is 0.869. The van der Waals surface area contributed by atoms with Crippen molar-refractivity contribution in [1.29, 1.82) is 0 Å². The van der Waals surface area contributed by atoms with Crippen LogP contribution in [0.15, 0.2) is 30.3 Å². The van der Waals surface area contributed by atoms with E-state index in [0.717, 1.165) is 25.7 Å². The molecule has 0 bridgehead atoms. The zero-order chi connectivity index (χ0) is 50.8. The van der Waals surface area contributed by atoms with Gasteiger partial charge in [-0.05, 0) is 38.3 Å². The Morgan fingerprint density at radius 2 is 0.681 bits per heavy atom. The molecule has 0 saturated carbocycles. The standard InChI is InChI=1S/C32H64O2.C21H42O4.C8H10O2/c1-3-5-7-9-11-13-15-17-19-21-23-25-27-29-31-34-32(33)30-28-26-24-22-20-18-16-14-12-10-8-6-4-2;1-2-3-4-5-6-7-8-9-10-11-12-13-14-15-16-17-21(24)25-19-20(23)18-22;1-7(9)10-8-5-3-2-4-6-8/h3-31H2,1-2H3;20,22-23H,2-19H2,1H3;2-7,9H,1H3. The van der Waals surface area contributed by atoms with Crippen LogP contribution in [0.25, 0.3) is 0 Å². The third kappa shape index (κ3) is 61.9. The summed E-state index contributed by atoms with van der Waals surface area (Å²) in [6.07, 6.45) is 55.5. The van der Waals surface area contributed by atoms with Crippen LogP contribution >= 0.6 is 0 Å². The molecule has 3 N–H and O–H groups in total. The first-order valence-corrected chi connectivity index (χ1v) is 29.8. The van der Waals surface area contributed by atoms with Crippen molar-refractivity contribution in [2.24, 2.45) is 0 Å². The Morgan fingerprint density at radius 1 is 0.406 bits per heavy atom. The number of rotatable bonds is 50. The maximum atomic E-state index is 11.9. The number of hydrogen-bond donors (Lipinski definition) is 3. The van der Waals surface area contributed by atoms with Crippen LogP contribution in [0.3, 0.4) is 0 Å². The molecule has 8 nitrogen and oxygen atoms in total. The predicted octanol–water partition coefficient (Wildman–Crippen LogP) is 18.0. The number of hydrogen-bond acceptors (Lipinski definition) is 8. The predicted molar refractivity (Wildman–Crippen MR) is 294 cm³/mol. The smallest absolute Gasteiger partial charge is 0.305 e. The molecule has 0 saturated heterocycles. The van der Waals surface area contributed by atoms with Crippen molar-refractivity contribution >= 4 is 11.9 Å². The molecule has 408 valence electrons. The van der Waals surface area contributed by atoms with Gasteiger partial charge >= 0.3 is 11.9 Å². The molecule has 1 rings (SSSR count). The molecule has 0 aromatic heterocycles. The van der Waals surface area contributed by atoms with Crippen molar-refractivity contribution in [3.05, 3.63) is 30.3 Å². The molecule has 0 heterocycles. The highest BCUT2D eigenvalue weighted by molar-refractivity contribution is 5.69. The van der Waals surface area contributed by atoms with E-state index in [0.29, 0.717) is 25.2 Å². The van der Waals surface area contributed by atoms with Crippen LogP contribution in [0.2, 0.25) is 0 Å². The Bertz CT molecular complexity index is 1110. The molecule has 0 amide bonds. The summed E-state index contributed by atoms with van der Waals surface area (Å²) < 4.78 is 15.3. The van der Waals surface area contributed by atoms with Crippen molar-refractivity contribution in [3.63, 3.8) is 0 Å². The summed E-state index contributed by atoms with van der Waals surface area (Å²) >= 11 is 0. The second kappa shape index (κ2) is 60.1. The van der Waals surface area contributed by atoms with Crippen LogP contribution in [0.5, 0.6) is 5.75 Å². The topological polar surface area (TPSA) is 123 Å². The summed E-state index contributed by atoms with van der Waals surface area (Å²) in [5.74, 6) is 0.442. The molecule has 0 aliphatic heterocycles. The number of ether oxygens (including phenoxy) is 3. The maximum absolute atomic E-state index is 11.9. The molecule has 0 radical (unpaired) electrons. The van der Waals surface area contributed by atoms with Gasteiger partial charge in [-0.25, -0.2) is 0 Å². The first-order valence-electron chi connectivity index (χ1n) is 29.8. The number of unbranched alkanes of at least 4 members (excludes halogenated alkanes) is 39. The Morgan fingerprint density at radius 3 is 0.971 bits per heavy atom. The first kappa shape index (κ1) is 68.9. The Hall–Kier alpha value is -2.16. The number of para-hydroxylation sites is 1. The zero-order valence-electron chi connectivity index (χ0n) is 46.2. The van der Waals surface area contributed by atoms with Crippen molar-refractivity contribution in [2.45, 2.75) is 323 Å². The molecule has 0 aliphatic rings. The van der Waals surface area contributed by atoms with Gasteiger partial charge in [-0.2, -0.15) is 0 Å². The number of esters is 2. The van der Waals surface area contributed by atoms with Crippen molar-refractivity contribution in [2.75, 3.05) is 19.8 Å². The summed E-state index contributed by atoms with van der Waals surface area (Å²) in [4.78, 5) is 23.2. The Kier molecular flexibility index (Phi) is 60.1. The number of benzene rings is 1. The van der Waals surface area contributed by atoms with Gasteiger partial charge in [0.15, 0.2) is 6.29 Å². The maximum Gasteiger partial charge on any atom is 0.305 e. The van der Waals surface area contributed by atoms with Crippen LogP contribution in [0.4, 0.5) is 0 Å². The van der Waals surface area contributed by atoms with Crippen molar-refractivity contribution < 1.29 is 39.1 Å². The lowest BCUT2D eigenvalue weighted by Gasteiger charge is -2.08. The van der Waals surface area contributed by atoms with Gasteiger partial charge in [-0.3, -0.25) is 9.59 Å².